The van der Waals surface area contributed by atoms with Gasteiger partial charge in [-0.15, -0.1) is 0 Å². The molecule has 8 nitrogen and oxygen atoms in total. The number of imide groups is 1. The number of amides is 3. The zero-order chi connectivity index (χ0) is 12.6. The highest BCUT2D eigenvalue weighted by atomic mass is 16.6. The predicted octanol–water partition coefficient (Wildman–Crippen LogP) is -2.63. The highest BCUT2D eigenvalue weighted by Gasteiger charge is 2.47. The Morgan fingerprint density at radius 2 is 2.06 bits per heavy atom. The molecule has 4 N–H and O–H groups in total. The van der Waals surface area contributed by atoms with Gasteiger partial charge in [0.2, 0.25) is 5.91 Å². The highest BCUT2D eigenvalue weighted by molar-refractivity contribution is 5.96. The van der Waals surface area contributed by atoms with E-state index in [-0.39, 0.29) is 13.0 Å². The first-order valence-electron chi connectivity index (χ1n) is 5.27. The summed E-state index contributed by atoms with van der Waals surface area (Å²) >= 11 is 0. The zero-order valence-electron chi connectivity index (χ0n) is 8.94. The van der Waals surface area contributed by atoms with Crippen molar-refractivity contribution in [2.45, 2.75) is 31.0 Å². The van der Waals surface area contributed by atoms with Gasteiger partial charge in [-0.3, -0.25) is 15.0 Å². The topological polar surface area (TPSA) is 119 Å². The van der Waals surface area contributed by atoms with Crippen LogP contribution in [-0.2, 0) is 9.53 Å². The van der Waals surface area contributed by atoms with Gasteiger partial charge in [0.25, 0.3) is 0 Å². The van der Waals surface area contributed by atoms with E-state index in [1.165, 1.54) is 0 Å². The van der Waals surface area contributed by atoms with E-state index in [9.17, 15) is 19.8 Å². The van der Waals surface area contributed by atoms with Gasteiger partial charge in [-0.2, -0.15) is 0 Å². The molecule has 0 aromatic rings. The number of ether oxygens (including phenoxy) is 1. The Hall–Kier alpha value is -1.22. The molecule has 2 heterocycles. The minimum atomic E-state index is -1.30. The van der Waals surface area contributed by atoms with Crippen molar-refractivity contribution in [2.24, 2.45) is 0 Å². The van der Waals surface area contributed by atoms with E-state index in [1.54, 1.807) is 0 Å². The Morgan fingerprint density at radius 3 is 2.59 bits per heavy atom. The lowest BCUT2D eigenvalue weighted by Crippen LogP contribution is -2.56. The third kappa shape index (κ3) is 2.12. The smallest absolute Gasteiger partial charge is 0.326 e. The largest absolute Gasteiger partial charge is 0.394 e. The summed E-state index contributed by atoms with van der Waals surface area (Å²) < 4.78 is 5.18. The molecule has 2 saturated heterocycles. The Kier molecular flexibility index (Phi) is 3.29. The Labute approximate surface area is 96.8 Å². The number of carbonyl (C=O) groups excluding carboxylic acids is 2. The molecular weight excluding hydrogens is 232 g/mol. The fraction of sp³-hybridized carbons (Fsp3) is 0.778. The number of rotatable bonds is 2. The molecule has 2 rings (SSSR count). The number of nitrogens with zero attached hydrogens (tertiary/aromatic N) is 1. The SMILES string of the molecule is O=C1CCN([C@@H]2O[C@H](CO)[C@@H](O)[C@@H]2O)C(=O)N1. The quantitative estimate of drug-likeness (QED) is 0.423. The molecule has 96 valence electrons. The van der Waals surface area contributed by atoms with Crippen LogP contribution in [0.3, 0.4) is 0 Å². The fourth-order valence-electron chi connectivity index (χ4n) is 1.96. The van der Waals surface area contributed by atoms with Gasteiger partial charge in [-0.05, 0) is 0 Å². The summed E-state index contributed by atoms with van der Waals surface area (Å²) in [5.74, 6) is -0.391. The van der Waals surface area contributed by atoms with Gasteiger partial charge in [-0.1, -0.05) is 0 Å². The van der Waals surface area contributed by atoms with E-state index < -0.39 is 43.1 Å². The van der Waals surface area contributed by atoms with Gasteiger partial charge in [0, 0.05) is 13.0 Å². The Bertz CT molecular complexity index is 335. The highest BCUT2D eigenvalue weighted by Crippen LogP contribution is 2.25. The van der Waals surface area contributed by atoms with Crippen LogP contribution in [0.2, 0.25) is 0 Å². The van der Waals surface area contributed by atoms with Crippen LogP contribution in [0.25, 0.3) is 0 Å². The molecular formula is C9H14N2O6. The lowest BCUT2D eigenvalue weighted by Gasteiger charge is -2.32. The number of aliphatic hydroxyl groups excluding tert-OH is 3. The van der Waals surface area contributed by atoms with Crippen LogP contribution in [0.15, 0.2) is 0 Å². The van der Waals surface area contributed by atoms with E-state index in [0.717, 1.165) is 4.90 Å². The average molecular weight is 246 g/mol. The van der Waals surface area contributed by atoms with Crippen LogP contribution in [0.4, 0.5) is 4.79 Å². The second kappa shape index (κ2) is 4.57. The van der Waals surface area contributed by atoms with Gasteiger partial charge in [0.05, 0.1) is 6.61 Å². The molecule has 2 aliphatic rings. The molecule has 0 aromatic carbocycles. The number of nitrogens with one attached hydrogen (secondary N) is 1. The fourth-order valence-corrected chi connectivity index (χ4v) is 1.96. The number of carbonyl (C=O) groups is 2. The van der Waals surface area contributed by atoms with E-state index >= 15 is 0 Å². The molecule has 0 saturated carbocycles. The molecule has 0 unspecified atom stereocenters. The predicted molar refractivity (Wildman–Crippen MR) is 52.6 cm³/mol. The van der Waals surface area contributed by atoms with E-state index in [0.29, 0.717) is 0 Å². The van der Waals surface area contributed by atoms with Crippen LogP contribution in [0.1, 0.15) is 6.42 Å². The Morgan fingerprint density at radius 1 is 1.35 bits per heavy atom. The van der Waals surface area contributed by atoms with Crippen molar-refractivity contribution in [2.75, 3.05) is 13.2 Å². The summed E-state index contributed by atoms with van der Waals surface area (Å²) in [6.07, 6.45) is -4.42. The molecule has 0 aromatic heterocycles. The van der Waals surface area contributed by atoms with Crippen LogP contribution >= 0.6 is 0 Å². The molecule has 0 bridgehead atoms. The van der Waals surface area contributed by atoms with Crippen molar-refractivity contribution in [1.82, 2.24) is 10.2 Å². The summed E-state index contributed by atoms with van der Waals surface area (Å²) in [4.78, 5) is 23.6. The number of aliphatic hydroxyl groups is 3. The minimum Gasteiger partial charge on any atom is -0.394 e. The molecule has 0 radical (unpaired) electrons. The maximum atomic E-state index is 11.5. The van der Waals surface area contributed by atoms with Crippen LogP contribution in [-0.4, -0.2) is 69.8 Å². The van der Waals surface area contributed by atoms with Gasteiger partial charge < -0.3 is 20.1 Å². The normalized spacial score (nSPS) is 38.4. The first-order valence-corrected chi connectivity index (χ1v) is 5.27. The van der Waals surface area contributed by atoms with Crippen molar-refractivity contribution in [3.05, 3.63) is 0 Å². The van der Waals surface area contributed by atoms with Crippen LogP contribution in [0, 0.1) is 0 Å². The second-order valence-corrected chi connectivity index (χ2v) is 4.03. The van der Waals surface area contributed by atoms with Gasteiger partial charge >= 0.3 is 6.03 Å². The number of hydrogen-bond acceptors (Lipinski definition) is 6. The van der Waals surface area contributed by atoms with Crippen molar-refractivity contribution in [1.29, 1.82) is 0 Å². The molecule has 4 atom stereocenters. The average Bonchev–Trinajstić information content (AvgIpc) is 2.57. The molecule has 2 fully saturated rings. The van der Waals surface area contributed by atoms with Gasteiger partial charge in [0.15, 0.2) is 6.23 Å². The summed E-state index contributed by atoms with van der Waals surface area (Å²) in [7, 11) is 0. The Balaban J connectivity index is 2.08. The monoisotopic (exact) mass is 246 g/mol. The first kappa shape index (κ1) is 12.2. The standard InChI is InChI=1S/C9H14N2O6/c12-3-4-6(14)7(15)8(17-4)11-2-1-5(13)10-9(11)16/h4,6-8,12,14-15H,1-3H2,(H,10,13,16)/t4-,6-,7+,8-/m1/s1. The third-order valence-corrected chi connectivity index (χ3v) is 2.91. The number of hydrogen-bond donors (Lipinski definition) is 4. The van der Waals surface area contributed by atoms with Crippen LogP contribution in [0.5, 0.6) is 0 Å². The summed E-state index contributed by atoms with van der Waals surface area (Å²) in [5.41, 5.74) is 0. The van der Waals surface area contributed by atoms with Crippen molar-refractivity contribution in [3.63, 3.8) is 0 Å². The van der Waals surface area contributed by atoms with E-state index in [2.05, 4.69) is 5.32 Å². The maximum Gasteiger partial charge on any atom is 0.326 e. The molecule has 0 spiro atoms. The summed E-state index contributed by atoms with van der Waals surface area (Å²) in [6, 6.07) is -0.670. The molecule has 0 aliphatic carbocycles. The van der Waals surface area contributed by atoms with Gasteiger partial charge in [0.1, 0.15) is 18.3 Å². The maximum absolute atomic E-state index is 11.5. The summed E-state index contributed by atoms with van der Waals surface area (Å²) in [5, 5.41) is 30.2. The zero-order valence-corrected chi connectivity index (χ0v) is 8.94. The lowest BCUT2D eigenvalue weighted by molar-refractivity contribution is -0.125. The minimum absolute atomic E-state index is 0.108. The summed E-state index contributed by atoms with van der Waals surface area (Å²) in [6.45, 7) is -0.347. The molecule has 8 heteroatoms. The van der Waals surface area contributed by atoms with Crippen molar-refractivity contribution in [3.8, 4) is 0 Å². The van der Waals surface area contributed by atoms with Crippen molar-refractivity contribution < 1.29 is 29.6 Å². The second-order valence-electron chi connectivity index (χ2n) is 4.03. The lowest BCUT2D eigenvalue weighted by atomic mass is 10.1. The molecule has 17 heavy (non-hydrogen) atoms. The van der Waals surface area contributed by atoms with E-state index in [4.69, 9.17) is 9.84 Å². The van der Waals surface area contributed by atoms with Crippen molar-refractivity contribution >= 4 is 11.9 Å². The molecule has 2 aliphatic heterocycles. The van der Waals surface area contributed by atoms with Crippen LogP contribution < -0.4 is 5.32 Å². The third-order valence-electron chi connectivity index (χ3n) is 2.91. The first-order chi connectivity index (χ1) is 8.04. The number of urea groups is 1. The van der Waals surface area contributed by atoms with E-state index in [1.807, 2.05) is 0 Å². The van der Waals surface area contributed by atoms with Gasteiger partial charge in [-0.25, -0.2) is 4.79 Å². The molecule has 3 amide bonds.